The first-order valence-electron chi connectivity index (χ1n) is 8.21. The molecule has 0 saturated carbocycles. The molecule has 1 aliphatic carbocycles. The van der Waals surface area contributed by atoms with Crippen LogP contribution in [0.5, 0.6) is 0 Å². The molecule has 140 valence electrons. The molecule has 1 atom stereocenters. The van der Waals surface area contributed by atoms with Gasteiger partial charge in [0.2, 0.25) is 16.9 Å². The standard InChI is InChI=1S/C18H17N3O4S2/c1-25-17(24)11-4-5-13-14(9-11)20-18(26)21(16(13)23)7-6-15(22)19-10-12-3-2-8-27-12/h2-5,8-9,13H,6-7,10H2,1H3,(H,19,22). The third-order valence-electron chi connectivity index (χ3n) is 4.10. The summed E-state index contributed by atoms with van der Waals surface area (Å²) in [6, 6.07) is 3.86. The van der Waals surface area contributed by atoms with E-state index >= 15 is 0 Å². The van der Waals surface area contributed by atoms with Gasteiger partial charge in [-0.25, -0.2) is 9.79 Å². The minimum absolute atomic E-state index is 0.0908. The molecule has 1 unspecified atom stereocenters. The fraction of sp³-hybridized carbons (Fsp3) is 0.278. The second-order valence-corrected chi connectivity index (χ2v) is 7.24. The molecule has 1 aromatic heterocycles. The number of rotatable bonds is 6. The molecule has 1 aromatic rings. The Hall–Kier alpha value is -2.65. The zero-order valence-corrected chi connectivity index (χ0v) is 16.1. The lowest BCUT2D eigenvalue weighted by molar-refractivity contribution is -0.136. The Morgan fingerprint density at radius 3 is 2.96 bits per heavy atom. The maximum absolute atomic E-state index is 12.7. The minimum atomic E-state index is -0.612. The number of hydrogen-bond acceptors (Lipinski definition) is 6. The molecule has 2 amide bonds. The van der Waals surface area contributed by atoms with Crippen molar-refractivity contribution in [1.29, 1.82) is 0 Å². The zero-order chi connectivity index (χ0) is 19.4. The van der Waals surface area contributed by atoms with E-state index in [0.717, 1.165) is 4.88 Å². The SMILES string of the molecule is COC(=O)C1=CC2=NC(=S)N(CCC(=O)NCc3cccs3)C(=O)C2C=C1. The topological polar surface area (TPSA) is 88.1 Å². The first-order valence-corrected chi connectivity index (χ1v) is 9.49. The summed E-state index contributed by atoms with van der Waals surface area (Å²) in [5.41, 5.74) is 0.718. The summed E-state index contributed by atoms with van der Waals surface area (Å²) in [6.45, 7) is 0.617. The number of fused-ring (bicyclic) bond motifs is 1. The van der Waals surface area contributed by atoms with Gasteiger partial charge in [0.05, 0.1) is 30.9 Å². The van der Waals surface area contributed by atoms with E-state index in [1.165, 1.54) is 24.2 Å². The largest absolute Gasteiger partial charge is 0.465 e. The summed E-state index contributed by atoms with van der Waals surface area (Å²) in [6.07, 6.45) is 4.76. The van der Waals surface area contributed by atoms with Crippen molar-refractivity contribution in [2.45, 2.75) is 13.0 Å². The normalized spacial score (nSPS) is 18.6. The van der Waals surface area contributed by atoms with Gasteiger partial charge in [-0.05, 0) is 29.7 Å². The van der Waals surface area contributed by atoms with E-state index in [1.54, 1.807) is 17.4 Å². The second kappa shape index (κ2) is 8.36. The Labute approximate surface area is 165 Å². The molecule has 9 heteroatoms. The van der Waals surface area contributed by atoms with Crippen LogP contribution >= 0.6 is 23.6 Å². The quantitative estimate of drug-likeness (QED) is 0.576. The molecular formula is C18H17N3O4S2. The molecule has 2 aliphatic rings. The van der Waals surface area contributed by atoms with Gasteiger partial charge < -0.3 is 10.1 Å². The second-order valence-electron chi connectivity index (χ2n) is 5.84. The molecule has 0 spiro atoms. The summed E-state index contributed by atoms with van der Waals surface area (Å²) in [7, 11) is 1.28. The highest BCUT2D eigenvalue weighted by atomic mass is 32.1. The van der Waals surface area contributed by atoms with Gasteiger partial charge in [0.1, 0.15) is 0 Å². The van der Waals surface area contributed by atoms with Crippen LogP contribution in [0.25, 0.3) is 0 Å². The summed E-state index contributed by atoms with van der Waals surface area (Å²) in [5.74, 6) is -1.54. The van der Waals surface area contributed by atoms with E-state index in [-0.39, 0.29) is 29.9 Å². The molecule has 27 heavy (non-hydrogen) atoms. The summed E-state index contributed by atoms with van der Waals surface area (Å²) >= 11 is 6.77. The molecule has 0 saturated heterocycles. The van der Waals surface area contributed by atoms with Crippen LogP contribution in [0.15, 0.2) is 46.3 Å². The monoisotopic (exact) mass is 403 g/mol. The number of ether oxygens (including phenoxy) is 1. The number of carbonyl (C=O) groups is 3. The fourth-order valence-electron chi connectivity index (χ4n) is 2.69. The number of hydrogen-bond donors (Lipinski definition) is 1. The smallest absolute Gasteiger partial charge is 0.337 e. The highest BCUT2D eigenvalue weighted by Gasteiger charge is 2.35. The van der Waals surface area contributed by atoms with Crippen LogP contribution in [0.1, 0.15) is 11.3 Å². The fourth-order valence-corrected chi connectivity index (χ4v) is 3.62. The van der Waals surface area contributed by atoms with Crippen molar-refractivity contribution < 1.29 is 19.1 Å². The van der Waals surface area contributed by atoms with Gasteiger partial charge >= 0.3 is 5.97 Å². The van der Waals surface area contributed by atoms with E-state index < -0.39 is 11.9 Å². The van der Waals surface area contributed by atoms with Crippen molar-refractivity contribution in [1.82, 2.24) is 10.2 Å². The van der Waals surface area contributed by atoms with Crippen LogP contribution in [0.3, 0.4) is 0 Å². The Morgan fingerprint density at radius 1 is 1.44 bits per heavy atom. The van der Waals surface area contributed by atoms with Crippen LogP contribution < -0.4 is 5.32 Å². The summed E-state index contributed by atoms with van der Waals surface area (Å²) in [4.78, 5) is 43.0. The molecule has 2 heterocycles. The van der Waals surface area contributed by atoms with Gasteiger partial charge in [-0.3, -0.25) is 14.5 Å². The van der Waals surface area contributed by atoms with E-state index in [2.05, 4.69) is 15.0 Å². The molecule has 0 radical (unpaired) electrons. The Balaban J connectivity index is 1.61. The third-order valence-corrected chi connectivity index (χ3v) is 5.29. The number of thiophene rings is 1. The Bertz CT molecular complexity index is 871. The van der Waals surface area contributed by atoms with Crippen molar-refractivity contribution in [2.75, 3.05) is 13.7 Å². The number of allylic oxidation sites excluding steroid dienone is 1. The van der Waals surface area contributed by atoms with Gasteiger partial charge in [0.15, 0.2) is 0 Å². The predicted octanol–water partition coefficient (Wildman–Crippen LogP) is 1.61. The predicted molar refractivity (Wildman–Crippen MR) is 105 cm³/mol. The maximum Gasteiger partial charge on any atom is 0.337 e. The first-order chi connectivity index (χ1) is 13.0. The van der Waals surface area contributed by atoms with Crippen LogP contribution in [-0.2, 0) is 25.7 Å². The number of thiocarbonyl (C=S) groups is 1. The summed E-state index contributed by atoms with van der Waals surface area (Å²) < 4.78 is 4.67. The van der Waals surface area contributed by atoms with Crippen molar-refractivity contribution in [3.05, 3.63) is 46.2 Å². The van der Waals surface area contributed by atoms with Crippen molar-refractivity contribution >= 4 is 52.2 Å². The van der Waals surface area contributed by atoms with Crippen molar-refractivity contribution in [3.8, 4) is 0 Å². The average Bonchev–Trinajstić information content (AvgIpc) is 3.18. The number of nitrogens with one attached hydrogen (secondary N) is 1. The molecule has 0 bridgehead atoms. The van der Waals surface area contributed by atoms with E-state index in [0.29, 0.717) is 17.8 Å². The minimum Gasteiger partial charge on any atom is -0.465 e. The van der Waals surface area contributed by atoms with Crippen molar-refractivity contribution in [3.63, 3.8) is 0 Å². The van der Waals surface area contributed by atoms with Gasteiger partial charge in [-0.15, -0.1) is 11.3 Å². The molecular weight excluding hydrogens is 386 g/mol. The first kappa shape index (κ1) is 19.1. The van der Waals surface area contributed by atoms with Crippen LogP contribution in [0.2, 0.25) is 0 Å². The molecule has 3 rings (SSSR count). The van der Waals surface area contributed by atoms with Gasteiger partial charge in [-0.2, -0.15) is 0 Å². The Kier molecular flexibility index (Phi) is 5.92. The lowest BCUT2D eigenvalue weighted by Crippen LogP contribution is -2.47. The highest BCUT2D eigenvalue weighted by Crippen LogP contribution is 2.23. The molecule has 1 aliphatic heterocycles. The number of nitrogens with zero attached hydrogens (tertiary/aromatic N) is 2. The van der Waals surface area contributed by atoms with Crippen molar-refractivity contribution in [2.24, 2.45) is 10.9 Å². The van der Waals surface area contributed by atoms with E-state index in [9.17, 15) is 14.4 Å². The van der Waals surface area contributed by atoms with Crippen LogP contribution in [0.4, 0.5) is 0 Å². The molecule has 7 nitrogen and oxygen atoms in total. The molecule has 0 aromatic carbocycles. The maximum atomic E-state index is 12.7. The van der Waals surface area contributed by atoms with Gasteiger partial charge in [0.25, 0.3) is 0 Å². The molecule has 0 fully saturated rings. The lowest BCUT2D eigenvalue weighted by atomic mass is 9.92. The van der Waals surface area contributed by atoms with Gasteiger partial charge in [-0.1, -0.05) is 18.2 Å². The average molecular weight is 403 g/mol. The lowest BCUT2D eigenvalue weighted by Gasteiger charge is -2.30. The van der Waals surface area contributed by atoms with Crippen LogP contribution in [0, 0.1) is 5.92 Å². The summed E-state index contributed by atoms with van der Waals surface area (Å²) in [5, 5.41) is 4.85. The Morgan fingerprint density at radius 2 is 2.26 bits per heavy atom. The van der Waals surface area contributed by atoms with Crippen LogP contribution in [-0.4, -0.2) is 47.2 Å². The number of methoxy groups -OCH3 is 1. The van der Waals surface area contributed by atoms with E-state index in [1.807, 2.05) is 17.5 Å². The van der Waals surface area contributed by atoms with Gasteiger partial charge in [0, 0.05) is 17.8 Å². The van der Waals surface area contributed by atoms with E-state index in [4.69, 9.17) is 12.2 Å². The third kappa shape index (κ3) is 4.37. The number of esters is 1. The number of carbonyl (C=O) groups excluding carboxylic acids is 3. The number of aliphatic imine (C=N–C) groups is 1. The zero-order valence-electron chi connectivity index (χ0n) is 14.5. The molecule has 1 N–H and O–H groups in total. The number of amides is 2. The highest BCUT2D eigenvalue weighted by molar-refractivity contribution is 7.80.